The first kappa shape index (κ1) is 45.1. The third-order valence-corrected chi connectivity index (χ3v) is 10.9. The number of aromatic nitrogens is 5. The summed E-state index contributed by atoms with van der Waals surface area (Å²) in [6.45, 7) is 9.92. The summed E-state index contributed by atoms with van der Waals surface area (Å²) in [7, 11) is 6.53. The van der Waals surface area contributed by atoms with Gasteiger partial charge in [0, 0.05) is 84.5 Å². The smallest absolute Gasteiger partial charge is 0.407 e. The molecule has 4 heterocycles. The maximum absolute atomic E-state index is 13.7. The Morgan fingerprint density at radius 1 is 0.859 bits per heavy atom. The van der Waals surface area contributed by atoms with Crippen LogP contribution in [0.5, 0.6) is 23.0 Å². The fourth-order valence-corrected chi connectivity index (χ4v) is 7.46. The van der Waals surface area contributed by atoms with Gasteiger partial charge in [0.1, 0.15) is 40.2 Å². The quantitative estimate of drug-likeness (QED) is 0.0759. The second-order valence-corrected chi connectivity index (χ2v) is 16.5. The van der Waals surface area contributed by atoms with Crippen LogP contribution in [0.2, 0.25) is 0 Å². The van der Waals surface area contributed by atoms with E-state index in [1.165, 1.54) is 0 Å². The van der Waals surface area contributed by atoms with Gasteiger partial charge in [0.2, 0.25) is 5.91 Å². The van der Waals surface area contributed by atoms with Crippen molar-refractivity contribution < 1.29 is 38.0 Å². The van der Waals surface area contributed by atoms with Gasteiger partial charge in [0.15, 0.2) is 0 Å². The summed E-state index contributed by atoms with van der Waals surface area (Å²) in [4.78, 5) is 42.2. The Morgan fingerprint density at radius 3 is 2.20 bits per heavy atom. The van der Waals surface area contributed by atoms with Crippen molar-refractivity contribution in [3.05, 3.63) is 108 Å². The van der Waals surface area contributed by atoms with Crippen molar-refractivity contribution in [3.63, 3.8) is 0 Å². The van der Waals surface area contributed by atoms with Crippen LogP contribution in [0.1, 0.15) is 55.4 Å². The van der Waals surface area contributed by atoms with Crippen LogP contribution < -0.4 is 34.5 Å². The number of hydrogen-bond donors (Lipinski definition) is 2. The van der Waals surface area contributed by atoms with Gasteiger partial charge in [-0.05, 0) is 99.0 Å². The average molecular weight is 873 g/mol. The summed E-state index contributed by atoms with van der Waals surface area (Å²) in [6.07, 6.45) is 9.34. The van der Waals surface area contributed by atoms with Crippen LogP contribution in [0.25, 0.3) is 22.0 Å². The topological polar surface area (TPSA) is 173 Å². The van der Waals surface area contributed by atoms with Gasteiger partial charge in [-0.2, -0.15) is 5.10 Å². The monoisotopic (exact) mass is 872 g/mol. The molecule has 1 fully saturated rings. The molecule has 16 nitrogen and oxygen atoms in total. The number of benzene rings is 2. The molecule has 1 aliphatic carbocycles. The van der Waals surface area contributed by atoms with Crippen molar-refractivity contribution in [2.75, 3.05) is 58.4 Å². The van der Waals surface area contributed by atoms with Crippen molar-refractivity contribution in [2.45, 2.75) is 65.3 Å². The zero-order chi connectivity index (χ0) is 45.4. The molecule has 0 spiro atoms. The van der Waals surface area contributed by atoms with Crippen LogP contribution in [-0.2, 0) is 33.9 Å². The lowest BCUT2D eigenvalue weighted by Gasteiger charge is -2.28. The molecular formula is C48H56N8O8. The molecule has 336 valence electrons. The number of aryl methyl sites for hydroxylation is 1. The Morgan fingerprint density at radius 2 is 1.56 bits per heavy atom. The minimum Gasteiger partial charge on any atom is -0.497 e. The minimum atomic E-state index is -0.557. The summed E-state index contributed by atoms with van der Waals surface area (Å²) in [6, 6.07) is 17.4. The van der Waals surface area contributed by atoms with E-state index in [0.717, 1.165) is 38.6 Å². The van der Waals surface area contributed by atoms with E-state index in [4.69, 9.17) is 38.4 Å². The molecule has 4 aromatic heterocycles. The number of anilines is 2. The summed E-state index contributed by atoms with van der Waals surface area (Å²) in [5.74, 6) is 3.50. The van der Waals surface area contributed by atoms with Gasteiger partial charge in [0.25, 0.3) is 0 Å². The highest BCUT2D eigenvalue weighted by atomic mass is 16.6. The molecule has 0 radical (unpaired) electrons. The fourth-order valence-electron chi connectivity index (χ4n) is 7.46. The molecule has 2 aromatic carbocycles. The van der Waals surface area contributed by atoms with E-state index in [1.807, 2.05) is 101 Å². The number of amides is 2. The summed E-state index contributed by atoms with van der Waals surface area (Å²) in [5, 5.41) is 11.9. The number of pyridine rings is 3. The molecule has 0 saturated heterocycles. The van der Waals surface area contributed by atoms with Crippen LogP contribution in [0.15, 0.2) is 85.6 Å². The molecule has 1 saturated carbocycles. The van der Waals surface area contributed by atoms with Gasteiger partial charge < -0.3 is 44.0 Å². The number of ether oxygens (including phenoxy) is 6. The number of nitrogens with one attached hydrogen (secondary N) is 2. The lowest BCUT2D eigenvalue weighted by Crippen LogP contribution is -2.34. The zero-order valence-corrected chi connectivity index (χ0v) is 37.6. The van der Waals surface area contributed by atoms with Crippen LogP contribution >= 0.6 is 0 Å². The van der Waals surface area contributed by atoms with Crippen LogP contribution in [-0.4, -0.2) is 90.5 Å². The minimum absolute atomic E-state index is 0.0440. The maximum Gasteiger partial charge on any atom is 0.407 e. The van der Waals surface area contributed by atoms with Gasteiger partial charge in [-0.25, -0.2) is 14.8 Å². The number of fused-ring (bicyclic) bond motifs is 1. The highest BCUT2D eigenvalue weighted by Crippen LogP contribution is 2.48. The van der Waals surface area contributed by atoms with E-state index in [9.17, 15) is 9.59 Å². The highest BCUT2D eigenvalue weighted by molar-refractivity contribution is 5.99. The van der Waals surface area contributed by atoms with Gasteiger partial charge in [-0.1, -0.05) is 0 Å². The molecule has 2 unspecified atom stereocenters. The largest absolute Gasteiger partial charge is 0.497 e. The molecule has 2 N–H and O–H groups in total. The van der Waals surface area contributed by atoms with Crippen molar-refractivity contribution in [3.8, 4) is 34.3 Å². The molecule has 2 amide bonds. The molecule has 16 heteroatoms. The predicted octanol–water partition coefficient (Wildman–Crippen LogP) is 7.72. The predicted molar refractivity (Wildman–Crippen MR) is 243 cm³/mol. The SMILES string of the molecule is COc1ccc(CN(Cc2ccc(OC)cc2OC)c2nc(-c3cnccc3C)cc3cc(NC(=O)C4CC4c4cnn(CCOCCNC(=O)OC(C)(C)C)c4)ncc23)c(OC)c1. The van der Waals surface area contributed by atoms with Crippen molar-refractivity contribution in [1.29, 1.82) is 0 Å². The van der Waals surface area contributed by atoms with Gasteiger partial charge in [-0.15, -0.1) is 0 Å². The van der Waals surface area contributed by atoms with Gasteiger partial charge in [-0.3, -0.25) is 14.5 Å². The molecule has 7 rings (SSSR count). The Balaban J connectivity index is 1.11. The molecule has 0 aliphatic heterocycles. The average Bonchev–Trinajstić information content (AvgIpc) is 3.95. The lowest BCUT2D eigenvalue weighted by atomic mass is 10.0. The second-order valence-electron chi connectivity index (χ2n) is 16.5. The second kappa shape index (κ2) is 20.1. The number of alkyl carbamates (subject to hydrolysis) is 1. The normalized spacial score (nSPS) is 14.4. The highest BCUT2D eigenvalue weighted by Gasteiger charge is 2.44. The van der Waals surface area contributed by atoms with Gasteiger partial charge in [0.05, 0.1) is 60.1 Å². The van der Waals surface area contributed by atoms with Crippen LogP contribution in [0, 0.1) is 12.8 Å². The number of hydrogen-bond acceptors (Lipinski definition) is 13. The maximum atomic E-state index is 13.7. The third kappa shape index (κ3) is 11.2. The molecule has 2 atom stereocenters. The number of nitrogens with zero attached hydrogens (tertiary/aromatic N) is 6. The van der Waals surface area contributed by atoms with E-state index in [0.29, 0.717) is 86.1 Å². The summed E-state index contributed by atoms with van der Waals surface area (Å²) >= 11 is 0. The Hall–Kier alpha value is -6.94. The van der Waals surface area contributed by atoms with Crippen molar-refractivity contribution >= 4 is 34.4 Å². The number of rotatable bonds is 19. The number of methoxy groups -OCH3 is 4. The van der Waals surface area contributed by atoms with E-state index in [1.54, 1.807) is 45.5 Å². The first-order valence-corrected chi connectivity index (χ1v) is 21.1. The number of carbonyl (C=O) groups is 2. The molecule has 1 aliphatic rings. The number of carbonyl (C=O) groups excluding carboxylic acids is 2. The van der Waals surface area contributed by atoms with Gasteiger partial charge >= 0.3 is 6.09 Å². The van der Waals surface area contributed by atoms with E-state index in [-0.39, 0.29) is 17.7 Å². The fraction of sp³-hybridized carbons (Fsp3) is 0.375. The molecular weight excluding hydrogens is 817 g/mol. The van der Waals surface area contributed by atoms with Crippen molar-refractivity contribution in [2.24, 2.45) is 5.92 Å². The first-order valence-electron chi connectivity index (χ1n) is 21.1. The summed E-state index contributed by atoms with van der Waals surface area (Å²) < 4.78 is 35.4. The van der Waals surface area contributed by atoms with Crippen LogP contribution in [0.4, 0.5) is 16.4 Å². The van der Waals surface area contributed by atoms with E-state index < -0.39 is 11.7 Å². The molecule has 0 bridgehead atoms. The van der Waals surface area contributed by atoms with Crippen LogP contribution in [0.3, 0.4) is 0 Å². The Kier molecular flexibility index (Phi) is 14.1. The van der Waals surface area contributed by atoms with E-state index >= 15 is 0 Å². The van der Waals surface area contributed by atoms with Crippen molar-refractivity contribution in [1.82, 2.24) is 30.0 Å². The Labute approximate surface area is 373 Å². The standard InChI is InChI=1S/C48H56N8O8/c1-30-13-14-49-25-39(30)41-19-33-20-44(54-46(57)38-23-37(38)34-24-52-56(29-34)16-18-63-17-15-50-47(58)64-48(2,3)4)51-26-40(33)45(53-41)55(27-31-9-11-35(59-5)21-42(31)61-7)28-32-10-12-36(60-6)22-43(32)62-8/h9-14,19-22,24-26,29,37-38H,15-18,23,27-28H2,1-8H3,(H,50,58)(H,51,54,57). The lowest BCUT2D eigenvalue weighted by molar-refractivity contribution is -0.117. The third-order valence-electron chi connectivity index (χ3n) is 10.9. The van der Waals surface area contributed by atoms with E-state index in [2.05, 4.69) is 25.6 Å². The molecule has 6 aromatic rings. The zero-order valence-electron chi connectivity index (χ0n) is 37.6. The first-order chi connectivity index (χ1) is 30.9. The molecule has 64 heavy (non-hydrogen) atoms. The summed E-state index contributed by atoms with van der Waals surface area (Å²) in [5.41, 5.74) is 4.86. The Bertz CT molecular complexity index is 2530.